The molecule has 1 fully saturated rings. The van der Waals surface area contributed by atoms with E-state index in [-0.39, 0.29) is 29.1 Å². The van der Waals surface area contributed by atoms with E-state index in [1.165, 1.54) is 6.07 Å². The van der Waals surface area contributed by atoms with E-state index in [1.54, 1.807) is 29.3 Å². The summed E-state index contributed by atoms with van der Waals surface area (Å²) in [6, 6.07) is 10.1. The number of nitrogen functional groups attached to an aromatic ring is 1. The Morgan fingerprint density at radius 2 is 2.00 bits per heavy atom. The fourth-order valence-corrected chi connectivity index (χ4v) is 4.26. The molecule has 4 rings (SSSR count). The van der Waals surface area contributed by atoms with Crippen LogP contribution in [-0.4, -0.2) is 46.6 Å². The van der Waals surface area contributed by atoms with Crippen LogP contribution in [0.3, 0.4) is 0 Å². The Balaban J connectivity index is 1.56. The first-order chi connectivity index (χ1) is 16.0. The molecular weight excluding hydrogens is 435 g/mol. The summed E-state index contributed by atoms with van der Waals surface area (Å²) in [4.78, 5) is 31.3. The number of carbonyl (C=O) groups is 2. The summed E-state index contributed by atoms with van der Waals surface area (Å²) < 4.78 is 19.9. The summed E-state index contributed by atoms with van der Waals surface area (Å²) in [5.41, 5.74) is 7.80. The highest BCUT2D eigenvalue weighted by Crippen LogP contribution is 2.31. The van der Waals surface area contributed by atoms with Gasteiger partial charge in [-0.2, -0.15) is 0 Å². The molecule has 0 saturated carbocycles. The largest absolute Gasteiger partial charge is 0.444 e. The van der Waals surface area contributed by atoms with Crippen LogP contribution in [0.4, 0.5) is 15.0 Å². The zero-order chi connectivity index (χ0) is 24.6. The minimum atomic E-state index is -0.582. The quantitative estimate of drug-likeness (QED) is 0.587. The highest BCUT2D eigenvalue weighted by molar-refractivity contribution is 6.11. The van der Waals surface area contributed by atoms with Crippen molar-refractivity contribution in [1.29, 1.82) is 0 Å². The van der Waals surface area contributed by atoms with Crippen molar-refractivity contribution in [2.75, 3.05) is 18.8 Å². The smallest absolute Gasteiger partial charge is 0.410 e. The predicted octanol–water partition coefficient (Wildman–Crippen LogP) is 4.67. The van der Waals surface area contributed by atoms with E-state index in [0.717, 1.165) is 5.56 Å². The summed E-state index contributed by atoms with van der Waals surface area (Å²) in [6.07, 6.45) is 1.80. The van der Waals surface area contributed by atoms with Gasteiger partial charge in [-0.05, 0) is 62.8 Å². The van der Waals surface area contributed by atoms with Crippen LogP contribution in [0.5, 0.6) is 0 Å². The van der Waals surface area contributed by atoms with E-state index < -0.39 is 11.7 Å². The molecule has 1 aromatic heterocycles. The molecule has 8 heteroatoms. The average Bonchev–Trinajstić information content (AvgIpc) is 3.21. The molecule has 0 unspecified atom stereocenters. The van der Waals surface area contributed by atoms with Crippen molar-refractivity contribution >= 4 is 28.6 Å². The van der Waals surface area contributed by atoms with Crippen molar-refractivity contribution in [2.24, 2.45) is 0 Å². The van der Waals surface area contributed by atoms with Crippen molar-refractivity contribution in [3.8, 4) is 11.1 Å². The molecule has 0 radical (unpaired) electrons. The number of pyridine rings is 1. The maximum absolute atomic E-state index is 14.5. The molecule has 1 saturated heterocycles. The fourth-order valence-electron chi connectivity index (χ4n) is 4.26. The Labute approximate surface area is 198 Å². The molecule has 2 heterocycles. The Bertz CT molecular complexity index is 1250. The van der Waals surface area contributed by atoms with Crippen LogP contribution in [0, 0.1) is 12.7 Å². The fraction of sp³-hybridized carbons (Fsp3) is 0.346. The van der Waals surface area contributed by atoms with Gasteiger partial charge in [0.1, 0.15) is 17.2 Å². The molecular formula is C26H29FN4O3. The summed E-state index contributed by atoms with van der Waals surface area (Å²) in [5.74, 6) is -0.556. The summed E-state index contributed by atoms with van der Waals surface area (Å²) in [5, 5.41) is 4.28. The topological polar surface area (TPSA) is 97.5 Å². The SMILES string of the molecule is Cc1cccc(F)c1-c1ccc2c(C(=O)N[C@@H]3CCN(C(=O)OC(C)(C)C)C3)c(N)ncc2c1. The average molecular weight is 465 g/mol. The van der Waals surface area contributed by atoms with Gasteiger partial charge in [-0.15, -0.1) is 0 Å². The van der Waals surface area contributed by atoms with E-state index in [2.05, 4.69) is 10.3 Å². The van der Waals surface area contributed by atoms with Crippen molar-refractivity contribution in [1.82, 2.24) is 15.2 Å². The van der Waals surface area contributed by atoms with Crippen LogP contribution in [-0.2, 0) is 4.74 Å². The number of nitrogens with one attached hydrogen (secondary N) is 1. The van der Waals surface area contributed by atoms with E-state index in [0.29, 0.717) is 41.4 Å². The lowest BCUT2D eigenvalue weighted by atomic mass is 9.96. The molecule has 0 bridgehead atoms. The van der Waals surface area contributed by atoms with Gasteiger partial charge in [0.05, 0.1) is 5.56 Å². The van der Waals surface area contributed by atoms with Gasteiger partial charge in [-0.3, -0.25) is 4.79 Å². The summed E-state index contributed by atoms with van der Waals surface area (Å²) in [6.45, 7) is 8.15. The monoisotopic (exact) mass is 464 g/mol. The van der Waals surface area contributed by atoms with E-state index in [4.69, 9.17) is 10.5 Å². The number of nitrogens with two attached hydrogens (primary N) is 1. The first kappa shape index (κ1) is 23.5. The van der Waals surface area contributed by atoms with Crippen LogP contribution >= 0.6 is 0 Å². The van der Waals surface area contributed by atoms with Crippen molar-refractivity contribution in [3.05, 3.63) is 59.5 Å². The van der Waals surface area contributed by atoms with Crippen molar-refractivity contribution in [3.63, 3.8) is 0 Å². The molecule has 3 aromatic rings. The molecule has 2 aromatic carbocycles. The van der Waals surface area contributed by atoms with Gasteiger partial charge < -0.3 is 20.7 Å². The molecule has 1 aliphatic heterocycles. The van der Waals surface area contributed by atoms with Crippen LogP contribution in [0.1, 0.15) is 43.1 Å². The van der Waals surface area contributed by atoms with Gasteiger partial charge in [0.15, 0.2) is 0 Å². The second-order valence-electron chi connectivity index (χ2n) is 9.64. The maximum atomic E-state index is 14.5. The van der Waals surface area contributed by atoms with Crippen LogP contribution < -0.4 is 11.1 Å². The third-order valence-electron chi connectivity index (χ3n) is 5.83. The molecule has 34 heavy (non-hydrogen) atoms. The Kier molecular flexibility index (Phi) is 6.17. The van der Waals surface area contributed by atoms with E-state index in [1.807, 2.05) is 39.8 Å². The number of rotatable bonds is 3. The Morgan fingerprint density at radius 3 is 2.71 bits per heavy atom. The molecule has 3 N–H and O–H groups in total. The van der Waals surface area contributed by atoms with Crippen LogP contribution in [0.2, 0.25) is 0 Å². The number of amides is 2. The molecule has 178 valence electrons. The first-order valence-electron chi connectivity index (χ1n) is 11.3. The molecule has 1 aliphatic rings. The highest BCUT2D eigenvalue weighted by atomic mass is 19.1. The highest BCUT2D eigenvalue weighted by Gasteiger charge is 2.31. The Hall–Kier alpha value is -3.68. The number of hydrogen-bond acceptors (Lipinski definition) is 5. The third kappa shape index (κ3) is 4.81. The standard InChI is InChI=1S/C26H29FN4O3/c1-15-6-5-7-20(27)21(15)16-8-9-19-17(12-16)13-29-23(28)22(19)24(32)30-18-10-11-31(14-18)25(33)34-26(2,3)4/h5-9,12-13,18H,10-11,14H2,1-4H3,(H2,28,29)(H,30,32)/t18-/m1/s1. The maximum Gasteiger partial charge on any atom is 0.410 e. The lowest BCUT2D eigenvalue weighted by molar-refractivity contribution is 0.0290. The number of benzene rings is 2. The second kappa shape index (κ2) is 8.93. The molecule has 2 amide bonds. The minimum Gasteiger partial charge on any atom is -0.444 e. The first-order valence-corrected chi connectivity index (χ1v) is 11.3. The molecule has 0 aliphatic carbocycles. The van der Waals surface area contributed by atoms with Crippen molar-refractivity contribution < 1.29 is 18.7 Å². The number of hydrogen-bond donors (Lipinski definition) is 2. The van der Waals surface area contributed by atoms with E-state index >= 15 is 0 Å². The molecule has 1 atom stereocenters. The number of likely N-dealkylation sites (tertiary alicyclic amines) is 1. The van der Waals surface area contributed by atoms with Gasteiger partial charge in [-0.25, -0.2) is 14.2 Å². The van der Waals surface area contributed by atoms with Gasteiger partial charge in [0.2, 0.25) is 0 Å². The van der Waals surface area contributed by atoms with Crippen LogP contribution in [0.25, 0.3) is 21.9 Å². The number of fused-ring (bicyclic) bond motifs is 1. The number of halogens is 1. The van der Waals surface area contributed by atoms with Gasteiger partial charge in [0, 0.05) is 36.3 Å². The number of nitrogens with zero attached hydrogens (tertiary/aromatic N) is 2. The summed E-state index contributed by atoms with van der Waals surface area (Å²) >= 11 is 0. The normalized spacial score (nSPS) is 16.0. The number of ether oxygens (including phenoxy) is 1. The minimum absolute atomic E-state index is 0.113. The second-order valence-corrected chi connectivity index (χ2v) is 9.64. The zero-order valence-electron chi connectivity index (χ0n) is 19.8. The lowest BCUT2D eigenvalue weighted by Gasteiger charge is -2.24. The summed E-state index contributed by atoms with van der Waals surface area (Å²) in [7, 11) is 0. The van der Waals surface area contributed by atoms with Crippen LogP contribution in [0.15, 0.2) is 42.6 Å². The van der Waals surface area contributed by atoms with Gasteiger partial charge in [-0.1, -0.05) is 24.3 Å². The number of aromatic nitrogens is 1. The number of carbonyl (C=O) groups excluding carboxylic acids is 2. The van der Waals surface area contributed by atoms with Gasteiger partial charge in [0.25, 0.3) is 5.91 Å². The zero-order valence-corrected chi connectivity index (χ0v) is 19.8. The molecule has 0 spiro atoms. The number of anilines is 1. The molecule has 7 nitrogen and oxygen atoms in total. The van der Waals surface area contributed by atoms with E-state index in [9.17, 15) is 14.0 Å². The van der Waals surface area contributed by atoms with Gasteiger partial charge >= 0.3 is 6.09 Å². The predicted molar refractivity (Wildman–Crippen MR) is 130 cm³/mol. The van der Waals surface area contributed by atoms with Crippen molar-refractivity contribution in [2.45, 2.75) is 45.8 Å². The third-order valence-corrected chi connectivity index (χ3v) is 5.83. The lowest BCUT2D eigenvalue weighted by Crippen LogP contribution is -2.40. The number of aryl methyl sites for hydroxylation is 1. The Morgan fingerprint density at radius 1 is 1.24 bits per heavy atom.